The molecule has 1 aromatic heterocycles. The van der Waals surface area contributed by atoms with E-state index >= 15 is 0 Å². The van der Waals surface area contributed by atoms with Crippen LogP contribution in [0.2, 0.25) is 0 Å². The van der Waals surface area contributed by atoms with Crippen LogP contribution in [0.1, 0.15) is 37.3 Å². The third-order valence-electron chi connectivity index (χ3n) is 6.14. The van der Waals surface area contributed by atoms with Crippen molar-refractivity contribution in [2.24, 2.45) is 11.8 Å². The summed E-state index contributed by atoms with van der Waals surface area (Å²) in [7, 11) is 0. The van der Waals surface area contributed by atoms with Crippen LogP contribution in [-0.4, -0.2) is 30.8 Å². The molecule has 2 unspecified atom stereocenters. The summed E-state index contributed by atoms with van der Waals surface area (Å²) < 4.78 is 89.6. The lowest BCUT2D eigenvalue weighted by molar-refractivity contribution is -0.138. The maximum atomic E-state index is 13.1. The van der Waals surface area contributed by atoms with Gasteiger partial charge in [0.25, 0.3) is 0 Å². The van der Waals surface area contributed by atoms with E-state index in [-0.39, 0.29) is 36.0 Å². The smallest absolute Gasteiger partial charge is 0.417 e. The van der Waals surface area contributed by atoms with Crippen molar-refractivity contribution in [3.63, 3.8) is 0 Å². The van der Waals surface area contributed by atoms with Crippen LogP contribution in [0.5, 0.6) is 11.5 Å². The second-order valence-corrected chi connectivity index (χ2v) is 8.50. The first kappa shape index (κ1) is 23.5. The molecule has 1 aliphatic carbocycles. The lowest BCUT2D eigenvalue weighted by Crippen LogP contribution is -2.47. The number of hydrogen-bond acceptors (Lipinski definition) is 4. The minimum absolute atomic E-state index is 0.0675. The first-order chi connectivity index (χ1) is 15.6. The molecule has 2 aromatic rings. The van der Waals surface area contributed by atoms with E-state index in [1.165, 1.54) is 12.1 Å². The number of rotatable bonds is 6. The third-order valence-corrected chi connectivity index (χ3v) is 6.14. The van der Waals surface area contributed by atoms with Crippen molar-refractivity contribution in [1.82, 2.24) is 4.98 Å². The minimum Gasteiger partial charge on any atom is -0.490 e. The molecule has 1 aromatic carbocycles. The van der Waals surface area contributed by atoms with Gasteiger partial charge in [-0.1, -0.05) is 6.92 Å². The van der Waals surface area contributed by atoms with Crippen molar-refractivity contribution in [2.45, 2.75) is 44.6 Å². The molecule has 0 amide bonds. The van der Waals surface area contributed by atoms with E-state index in [2.05, 4.69) is 4.98 Å². The number of ether oxygens (including phenoxy) is 2. The van der Waals surface area contributed by atoms with Crippen molar-refractivity contribution in [3.05, 3.63) is 47.7 Å². The number of aromatic nitrogens is 1. The van der Waals surface area contributed by atoms with E-state index in [9.17, 15) is 26.3 Å². The number of benzene rings is 1. The van der Waals surface area contributed by atoms with Crippen molar-refractivity contribution in [3.8, 4) is 11.5 Å². The quantitative estimate of drug-likeness (QED) is 0.467. The van der Waals surface area contributed by atoms with Crippen LogP contribution in [0.25, 0.3) is 0 Å². The van der Waals surface area contributed by atoms with Gasteiger partial charge < -0.3 is 14.4 Å². The molecule has 2 bridgehead atoms. The van der Waals surface area contributed by atoms with Crippen LogP contribution >= 0.6 is 0 Å². The molecule has 10 heteroatoms. The van der Waals surface area contributed by atoms with Crippen LogP contribution in [0.4, 0.5) is 32.2 Å². The number of fused-ring (bicyclic) bond motifs is 2. The zero-order valence-electron chi connectivity index (χ0n) is 17.9. The highest BCUT2D eigenvalue weighted by Gasteiger charge is 2.44. The highest BCUT2D eigenvalue weighted by atomic mass is 19.4. The minimum atomic E-state index is -4.48. The van der Waals surface area contributed by atoms with E-state index in [4.69, 9.17) is 9.47 Å². The van der Waals surface area contributed by atoms with E-state index < -0.39 is 23.5 Å². The fourth-order valence-electron chi connectivity index (χ4n) is 4.55. The lowest BCUT2D eigenvalue weighted by atomic mass is 9.94. The third kappa shape index (κ3) is 5.14. The van der Waals surface area contributed by atoms with Crippen LogP contribution in [0.3, 0.4) is 0 Å². The van der Waals surface area contributed by atoms with Gasteiger partial charge in [-0.25, -0.2) is 4.98 Å². The number of alkyl halides is 6. The maximum absolute atomic E-state index is 13.1. The maximum Gasteiger partial charge on any atom is 0.417 e. The molecule has 0 spiro atoms. The molecule has 4 rings (SSSR count). The Kier molecular flexibility index (Phi) is 6.37. The monoisotopic (exact) mass is 474 g/mol. The van der Waals surface area contributed by atoms with Crippen molar-refractivity contribution < 1.29 is 35.8 Å². The lowest BCUT2D eigenvalue weighted by Gasteiger charge is -2.38. The molecule has 4 nitrogen and oxygen atoms in total. The van der Waals surface area contributed by atoms with Gasteiger partial charge in [-0.2, -0.15) is 26.3 Å². The molecule has 180 valence electrons. The van der Waals surface area contributed by atoms with Crippen LogP contribution in [0, 0.1) is 11.8 Å². The fraction of sp³-hybridized carbons (Fsp3) is 0.522. The van der Waals surface area contributed by atoms with Crippen LogP contribution in [-0.2, 0) is 12.4 Å². The molecule has 2 fully saturated rings. The zero-order valence-corrected chi connectivity index (χ0v) is 17.9. The van der Waals surface area contributed by atoms with Crippen LogP contribution in [0.15, 0.2) is 36.5 Å². The van der Waals surface area contributed by atoms with Gasteiger partial charge in [0.1, 0.15) is 11.9 Å². The molecular formula is C23H24F6N2O2. The van der Waals surface area contributed by atoms with Crippen molar-refractivity contribution in [2.75, 3.05) is 24.6 Å². The van der Waals surface area contributed by atoms with Gasteiger partial charge in [-0.05, 0) is 49.6 Å². The highest BCUT2D eigenvalue weighted by Crippen LogP contribution is 2.43. The normalized spacial score (nSPS) is 23.0. The summed E-state index contributed by atoms with van der Waals surface area (Å²) >= 11 is 0. The van der Waals surface area contributed by atoms with E-state index in [0.717, 1.165) is 37.2 Å². The van der Waals surface area contributed by atoms with Gasteiger partial charge in [0.15, 0.2) is 11.5 Å². The predicted octanol–water partition coefficient (Wildman–Crippen LogP) is 6.20. The average molecular weight is 474 g/mol. The number of halogens is 6. The molecular weight excluding hydrogens is 450 g/mol. The largest absolute Gasteiger partial charge is 0.490 e. The Hall–Kier alpha value is -2.65. The Labute approximate surface area is 187 Å². The predicted molar refractivity (Wildman–Crippen MR) is 109 cm³/mol. The average Bonchev–Trinajstić information content (AvgIpc) is 2.98. The standard InChI is InChI=1S/C23H24F6N2O2/c1-2-9-32-19-10-16(22(24,25)26)5-7-18(19)33-21-14-3-4-15(21)13-31(12-14)20-8-6-17(11-30-20)23(27,28)29/h5-8,10-11,14-15,21H,2-4,9,12-13H2,1H3. The number of hydrogen-bond donors (Lipinski definition) is 0. The van der Waals surface area contributed by atoms with Gasteiger partial charge in [-0.15, -0.1) is 0 Å². The molecule has 2 atom stereocenters. The second kappa shape index (κ2) is 8.95. The topological polar surface area (TPSA) is 34.6 Å². The first-order valence-electron chi connectivity index (χ1n) is 10.8. The Balaban J connectivity index is 1.49. The van der Waals surface area contributed by atoms with E-state index in [1.54, 1.807) is 0 Å². The summed E-state index contributed by atoms with van der Waals surface area (Å²) in [6.07, 6.45) is -5.95. The molecule has 0 N–H and O–H groups in total. The summed E-state index contributed by atoms with van der Waals surface area (Å²) in [6, 6.07) is 5.64. The number of piperidine rings is 1. The molecule has 2 heterocycles. The van der Waals surface area contributed by atoms with Gasteiger partial charge in [-0.3, -0.25) is 0 Å². The molecule has 1 saturated carbocycles. The first-order valence-corrected chi connectivity index (χ1v) is 10.8. The van der Waals surface area contributed by atoms with Gasteiger partial charge in [0.2, 0.25) is 0 Å². The van der Waals surface area contributed by atoms with Gasteiger partial charge in [0, 0.05) is 31.1 Å². The zero-order chi connectivity index (χ0) is 23.8. The Morgan fingerprint density at radius 2 is 1.55 bits per heavy atom. The van der Waals surface area contributed by atoms with E-state index in [0.29, 0.717) is 25.3 Å². The Morgan fingerprint density at radius 3 is 2.09 bits per heavy atom. The summed E-state index contributed by atoms with van der Waals surface area (Å²) in [4.78, 5) is 5.94. The summed E-state index contributed by atoms with van der Waals surface area (Å²) in [5.41, 5.74) is -1.60. The summed E-state index contributed by atoms with van der Waals surface area (Å²) in [6.45, 7) is 3.22. The number of nitrogens with zero attached hydrogens (tertiary/aromatic N) is 2. The second-order valence-electron chi connectivity index (χ2n) is 8.50. The van der Waals surface area contributed by atoms with Gasteiger partial charge in [0.05, 0.1) is 17.7 Å². The summed E-state index contributed by atoms with van der Waals surface area (Å²) in [5.74, 6) is 0.973. The number of pyridine rings is 1. The fourth-order valence-corrected chi connectivity index (χ4v) is 4.55. The molecule has 0 radical (unpaired) electrons. The van der Waals surface area contributed by atoms with Crippen molar-refractivity contribution in [1.29, 1.82) is 0 Å². The van der Waals surface area contributed by atoms with Crippen LogP contribution < -0.4 is 14.4 Å². The van der Waals surface area contributed by atoms with E-state index in [1.807, 2.05) is 11.8 Å². The Bertz CT molecular complexity index is 947. The molecule has 33 heavy (non-hydrogen) atoms. The SMILES string of the molecule is CCCOc1cc(C(F)(F)F)ccc1OC1C2CCC1CN(c1ccc(C(F)(F)F)cn1)C2. The molecule has 2 aliphatic rings. The molecule has 1 aliphatic heterocycles. The molecule has 1 saturated heterocycles. The van der Waals surface area contributed by atoms with Crippen molar-refractivity contribution >= 4 is 5.82 Å². The summed E-state index contributed by atoms with van der Waals surface area (Å²) in [5, 5.41) is 0. The van der Waals surface area contributed by atoms with Gasteiger partial charge >= 0.3 is 12.4 Å². The Morgan fingerprint density at radius 1 is 0.909 bits per heavy atom. The number of anilines is 1. The highest BCUT2D eigenvalue weighted by molar-refractivity contribution is 5.45.